The van der Waals surface area contributed by atoms with Gasteiger partial charge in [-0.2, -0.15) is 0 Å². The molecule has 3 rings (SSSR count). The Morgan fingerprint density at radius 2 is 1.82 bits per heavy atom. The lowest BCUT2D eigenvalue weighted by Gasteiger charge is -2.06. The first-order chi connectivity index (χ1) is 10.4. The minimum absolute atomic E-state index is 0.351. The fourth-order valence-corrected chi connectivity index (χ4v) is 2.63. The van der Waals surface area contributed by atoms with Crippen molar-refractivity contribution in [1.82, 2.24) is 4.57 Å². The highest BCUT2D eigenvalue weighted by Crippen LogP contribution is 2.23. The van der Waals surface area contributed by atoms with E-state index in [9.17, 15) is 9.59 Å². The number of nitrogens with one attached hydrogen (secondary N) is 1. The molecule has 1 amide bonds. The average Bonchev–Trinajstić information content (AvgIpc) is 2.72. The van der Waals surface area contributed by atoms with Gasteiger partial charge in [-0.3, -0.25) is 9.36 Å². The van der Waals surface area contributed by atoms with E-state index in [2.05, 4.69) is 5.32 Å². The summed E-state index contributed by atoms with van der Waals surface area (Å²) in [6.45, 7) is 0. The molecule has 7 heteroatoms. The van der Waals surface area contributed by atoms with Gasteiger partial charge in [0.1, 0.15) is 0 Å². The SMILES string of the molecule is Cn1c(=O)oc2cc(C(=O)Nc3cc(Cl)cc(Cl)c3)ccc21. The zero-order valence-electron chi connectivity index (χ0n) is 11.4. The highest BCUT2D eigenvalue weighted by atomic mass is 35.5. The van der Waals surface area contributed by atoms with E-state index in [1.165, 1.54) is 10.6 Å². The lowest BCUT2D eigenvalue weighted by Crippen LogP contribution is -2.11. The van der Waals surface area contributed by atoms with Crippen molar-refractivity contribution in [3.63, 3.8) is 0 Å². The Labute approximate surface area is 135 Å². The summed E-state index contributed by atoms with van der Waals surface area (Å²) in [5.41, 5.74) is 1.81. The van der Waals surface area contributed by atoms with Crippen LogP contribution < -0.4 is 11.1 Å². The molecular weight excluding hydrogens is 327 g/mol. The lowest BCUT2D eigenvalue weighted by atomic mass is 10.2. The van der Waals surface area contributed by atoms with Crippen LogP contribution in [0.4, 0.5) is 5.69 Å². The van der Waals surface area contributed by atoms with E-state index < -0.39 is 5.76 Å². The fraction of sp³-hybridized carbons (Fsp3) is 0.0667. The van der Waals surface area contributed by atoms with Crippen molar-refractivity contribution in [3.05, 3.63) is 62.6 Å². The molecule has 0 fully saturated rings. The van der Waals surface area contributed by atoms with Crippen LogP contribution >= 0.6 is 23.2 Å². The van der Waals surface area contributed by atoms with Crippen LogP contribution in [0.1, 0.15) is 10.4 Å². The van der Waals surface area contributed by atoms with E-state index in [0.29, 0.717) is 32.4 Å². The fourth-order valence-electron chi connectivity index (χ4n) is 2.10. The molecule has 3 aromatic rings. The molecule has 1 N–H and O–H groups in total. The second kappa shape index (κ2) is 5.51. The topological polar surface area (TPSA) is 64.2 Å². The van der Waals surface area contributed by atoms with E-state index in [-0.39, 0.29) is 5.91 Å². The standard InChI is InChI=1S/C15H10Cl2N2O3/c1-19-12-3-2-8(4-13(12)22-15(19)21)14(20)18-11-6-9(16)5-10(17)7-11/h2-7H,1H3,(H,18,20). The third kappa shape index (κ3) is 2.73. The Morgan fingerprint density at radius 3 is 2.50 bits per heavy atom. The number of oxazole rings is 1. The van der Waals surface area contributed by atoms with Crippen LogP contribution in [-0.2, 0) is 7.05 Å². The molecular formula is C15H10Cl2N2O3. The van der Waals surface area contributed by atoms with E-state index in [1.54, 1.807) is 37.4 Å². The van der Waals surface area contributed by atoms with Crippen LogP contribution in [-0.4, -0.2) is 10.5 Å². The molecule has 0 aliphatic carbocycles. The summed E-state index contributed by atoms with van der Waals surface area (Å²) in [7, 11) is 1.60. The van der Waals surface area contributed by atoms with Gasteiger partial charge in [-0.1, -0.05) is 23.2 Å². The minimum Gasteiger partial charge on any atom is -0.408 e. The number of aromatic nitrogens is 1. The summed E-state index contributed by atoms with van der Waals surface area (Å²) in [5.74, 6) is -0.832. The quantitative estimate of drug-likeness (QED) is 0.776. The predicted octanol–water partition coefficient (Wildman–Crippen LogP) is 3.69. The maximum atomic E-state index is 12.2. The van der Waals surface area contributed by atoms with E-state index in [4.69, 9.17) is 27.6 Å². The van der Waals surface area contributed by atoms with Gasteiger partial charge in [0.15, 0.2) is 5.58 Å². The number of amides is 1. The number of fused-ring (bicyclic) bond motifs is 1. The van der Waals surface area contributed by atoms with Crippen LogP contribution in [0.5, 0.6) is 0 Å². The summed E-state index contributed by atoms with van der Waals surface area (Å²) in [6.07, 6.45) is 0. The van der Waals surface area contributed by atoms with Gasteiger partial charge in [-0.05, 0) is 36.4 Å². The summed E-state index contributed by atoms with van der Waals surface area (Å²) < 4.78 is 6.43. The van der Waals surface area contributed by atoms with Crippen LogP contribution in [0.3, 0.4) is 0 Å². The number of carbonyl (C=O) groups excluding carboxylic acids is 1. The number of carbonyl (C=O) groups is 1. The van der Waals surface area contributed by atoms with Crippen LogP contribution in [0.2, 0.25) is 10.0 Å². The normalized spacial score (nSPS) is 10.9. The van der Waals surface area contributed by atoms with Crippen molar-refractivity contribution in [3.8, 4) is 0 Å². The molecule has 0 spiro atoms. The Kier molecular flexibility index (Phi) is 3.68. The maximum absolute atomic E-state index is 12.2. The second-order valence-electron chi connectivity index (χ2n) is 4.72. The number of aryl methyl sites for hydroxylation is 1. The molecule has 0 aliphatic heterocycles. The number of hydrogen-bond acceptors (Lipinski definition) is 3. The third-order valence-electron chi connectivity index (χ3n) is 3.17. The highest BCUT2D eigenvalue weighted by Gasteiger charge is 2.12. The van der Waals surface area contributed by atoms with Crippen LogP contribution in [0.15, 0.2) is 45.6 Å². The lowest BCUT2D eigenvalue weighted by molar-refractivity contribution is 0.102. The van der Waals surface area contributed by atoms with Crippen molar-refractivity contribution >= 4 is 45.9 Å². The zero-order valence-corrected chi connectivity index (χ0v) is 12.9. The van der Waals surface area contributed by atoms with Crippen LogP contribution in [0.25, 0.3) is 11.1 Å². The Hall–Kier alpha value is -2.24. The molecule has 1 heterocycles. The van der Waals surface area contributed by atoms with Gasteiger partial charge in [-0.15, -0.1) is 0 Å². The first-order valence-corrected chi connectivity index (χ1v) is 7.06. The number of hydrogen-bond donors (Lipinski definition) is 1. The van der Waals surface area contributed by atoms with Crippen molar-refractivity contribution in [2.45, 2.75) is 0 Å². The second-order valence-corrected chi connectivity index (χ2v) is 5.59. The number of halogens is 2. The molecule has 2 aromatic carbocycles. The summed E-state index contributed by atoms with van der Waals surface area (Å²) in [5, 5.41) is 3.54. The van der Waals surface area contributed by atoms with Crippen molar-refractivity contribution in [2.75, 3.05) is 5.32 Å². The molecule has 5 nitrogen and oxygen atoms in total. The summed E-state index contributed by atoms with van der Waals surface area (Å²) >= 11 is 11.8. The first-order valence-electron chi connectivity index (χ1n) is 6.31. The van der Waals surface area contributed by atoms with E-state index in [0.717, 1.165) is 0 Å². The number of benzene rings is 2. The Balaban J connectivity index is 1.93. The Bertz CT molecular complexity index is 923. The average molecular weight is 337 g/mol. The molecule has 0 unspecified atom stereocenters. The number of anilines is 1. The molecule has 0 radical (unpaired) electrons. The molecule has 0 aliphatic rings. The minimum atomic E-state index is -0.478. The molecule has 0 saturated heterocycles. The van der Waals surface area contributed by atoms with Gasteiger partial charge in [0.05, 0.1) is 5.52 Å². The highest BCUT2D eigenvalue weighted by molar-refractivity contribution is 6.35. The summed E-state index contributed by atoms with van der Waals surface area (Å²) in [6, 6.07) is 9.53. The van der Waals surface area contributed by atoms with Crippen molar-refractivity contribution in [2.24, 2.45) is 7.05 Å². The van der Waals surface area contributed by atoms with Gasteiger partial charge >= 0.3 is 5.76 Å². The molecule has 0 saturated carbocycles. The maximum Gasteiger partial charge on any atom is 0.419 e. The van der Waals surface area contributed by atoms with Crippen molar-refractivity contribution in [1.29, 1.82) is 0 Å². The molecule has 0 atom stereocenters. The smallest absolute Gasteiger partial charge is 0.408 e. The van der Waals surface area contributed by atoms with E-state index >= 15 is 0 Å². The summed E-state index contributed by atoms with van der Waals surface area (Å²) in [4.78, 5) is 23.7. The molecule has 22 heavy (non-hydrogen) atoms. The van der Waals surface area contributed by atoms with Gasteiger partial charge in [0, 0.05) is 28.3 Å². The molecule has 112 valence electrons. The van der Waals surface area contributed by atoms with Gasteiger partial charge in [0.25, 0.3) is 5.91 Å². The van der Waals surface area contributed by atoms with Gasteiger partial charge in [0.2, 0.25) is 0 Å². The number of nitrogens with zero attached hydrogens (tertiary/aromatic N) is 1. The zero-order chi connectivity index (χ0) is 15.9. The third-order valence-corrected chi connectivity index (χ3v) is 3.61. The van der Waals surface area contributed by atoms with Gasteiger partial charge < -0.3 is 9.73 Å². The van der Waals surface area contributed by atoms with E-state index in [1.807, 2.05) is 0 Å². The molecule has 1 aromatic heterocycles. The first kappa shape index (κ1) is 14.7. The van der Waals surface area contributed by atoms with Crippen LogP contribution in [0, 0.1) is 0 Å². The molecule has 0 bridgehead atoms. The largest absolute Gasteiger partial charge is 0.419 e. The van der Waals surface area contributed by atoms with Gasteiger partial charge in [-0.25, -0.2) is 4.79 Å². The number of rotatable bonds is 2. The monoisotopic (exact) mass is 336 g/mol. The predicted molar refractivity (Wildman–Crippen MR) is 85.9 cm³/mol. The Morgan fingerprint density at radius 1 is 1.14 bits per heavy atom. The van der Waals surface area contributed by atoms with Crippen molar-refractivity contribution < 1.29 is 9.21 Å².